The van der Waals surface area contributed by atoms with Crippen LogP contribution in [0.25, 0.3) is 0 Å². The Kier molecular flexibility index (Phi) is 5.76. The van der Waals surface area contributed by atoms with Crippen LogP contribution in [0.3, 0.4) is 0 Å². The van der Waals surface area contributed by atoms with Crippen LogP contribution in [0.2, 0.25) is 5.02 Å². The molecule has 0 saturated carbocycles. The molecule has 2 aromatic rings. The zero-order valence-corrected chi connectivity index (χ0v) is 15.5. The van der Waals surface area contributed by atoms with E-state index in [1.165, 1.54) is 7.11 Å². The molecule has 140 valence electrons. The number of hydrogen-bond acceptors (Lipinski definition) is 4. The average Bonchev–Trinajstić information content (AvgIpc) is 3.04. The third kappa shape index (κ3) is 4.46. The van der Waals surface area contributed by atoms with E-state index in [0.717, 1.165) is 5.56 Å². The van der Waals surface area contributed by atoms with Crippen LogP contribution in [-0.2, 0) is 20.9 Å². The molecule has 1 aliphatic rings. The molecule has 1 N–H and O–H groups in total. The van der Waals surface area contributed by atoms with E-state index in [-0.39, 0.29) is 23.8 Å². The van der Waals surface area contributed by atoms with Gasteiger partial charge in [-0.1, -0.05) is 35.9 Å². The predicted molar refractivity (Wildman–Crippen MR) is 101 cm³/mol. The molecule has 1 saturated heterocycles. The fraction of sp³-hybridized carbons (Fsp3) is 0.250. The van der Waals surface area contributed by atoms with Crippen LogP contribution in [0.4, 0.5) is 5.69 Å². The summed E-state index contributed by atoms with van der Waals surface area (Å²) in [5.41, 5.74) is 1.60. The largest absolute Gasteiger partial charge is 0.465 e. The van der Waals surface area contributed by atoms with Gasteiger partial charge in [-0.3, -0.25) is 9.59 Å². The Morgan fingerprint density at radius 2 is 1.89 bits per heavy atom. The number of ether oxygens (including phenoxy) is 1. The Morgan fingerprint density at radius 1 is 1.19 bits per heavy atom. The summed E-state index contributed by atoms with van der Waals surface area (Å²) in [6, 6.07) is 13.9. The van der Waals surface area contributed by atoms with Crippen molar-refractivity contribution in [3.8, 4) is 0 Å². The lowest BCUT2D eigenvalue weighted by atomic mass is 10.1. The van der Waals surface area contributed by atoms with Crippen molar-refractivity contribution in [2.75, 3.05) is 19.0 Å². The van der Waals surface area contributed by atoms with Crippen LogP contribution in [-0.4, -0.2) is 36.3 Å². The smallest absolute Gasteiger partial charge is 0.339 e. The highest BCUT2D eigenvalue weighted by molar-refractivity contribution is 6.30. The molecule has 3 rings (SSSR count). The molecule has 6 nitrogen and oxygen atoms in total. The Balaban J connectivity index is 1.66. The predicted octanol–water partition coefficient (Wildman–Crippen LogP) is 3.11. The second-order valence-electron chi connectivity index (χ2n) is 6.33. The molecule has 2 aromatic carbocycles. The molecular formula is C20H19ClN2O4. The maximum atomic E-state index is 12.6. The first kappa shape index (κ1) is 18.9. The van der Waals surface area contributed by atoms with Crippen molar-refractivity contribution in [3.63, 3.8) is 0 Å². The van der Waals surface area contributed by atoms with Crippen LogP contribution in [0.15, 0.2) is 48.5 Å². The Labute approximate surface area is 162 Å². The molecule has 0 radical (unpaired) electrons. The number of amides is 2. The third-order valence-corrected chi connectivity index (χ3v) is 4.71. The summed E-state index contributed by atoms with van der Waals surface area (Å²) in [6.07, 6.45) is 0.139. The number of nitrogens with one attached hydrogen (secondary N) is 1. The van der Waals surface area contributed by atoms with Crippen LogP contribution < -0.4 is 5.32 Å². The van der Waals surface area contributed by atoms with Gasteiger partial charge in [0.15, 0.2) is 0 Å². The van der Waals surface area contributed by atoms with E-state index in [0.29, 0.717) is 23.8 Å². The zero-order valence-electron chi connectivity index (χ0n) is 14.8. The number of para-hydroxylation sites is 1. The van der Waals surface area contributed by atoms with Crippen LogP contribution >= 0.6 is 11.6 Å². The van der Waals surface area contributed by atoms with Crippen molar-refractivity contribution in [2.24, 2.45) is 5.92 Å². The molecule has 1 unspecified atom stereocenters. The van der Waals surface area contributed by atoms with Gasteiger partial charge in [-0.2, -0.15) is 0 Å². The number of likely N-dealkylation sites (tertiary alicyclic amines) is 1. The number of esters is 1. The highest BCUT2D eigenvalue weighted by Crippen LogP contribution is 2.24. The average molecular weight is 387 g/mol. The summed E-state index contributed by atoms with van der Waals surface area (Å²) in [5, 5.41) is 3.38. The minimum atomic E-state index is -0.530. The van der Waals surface area contributed by atoms with E-state index in [4.69, 9.17) is 16.3 Å². The Morgan fingerprint density at radius 3 is 2.59 bits per heavy atom. The number of benzene rings is 2. The highest BCUT2D eigenvalue weighted by Gasteiger charge is 2.34. The molecule has 0 aromatic heterocycles. The third-order valence-electron chi connectivity index (χ3n) is 4.46. The molecule has 0 bridgehead atoms. The lowest BCUT2D eigenvalue weighted by Gasteiger charge is -2.17. The molecule has 0 aliphatic carbocycles. The second-order valence-corrected chi connectivity index (χ2v) is 6.76. The molecule has 27 heavy (non-hydrogen) atoms. The molecule has 1 aliphatic heterocycles. The molecule has 1 fully saturated rings. The normalized spacial score (nSPS) is 16.3. The molecule has 2 amide bonds. The van der Waals surface area contributed by atoms with Crippen molar-refractivity contribution in [3.05, 3.63) is 64.7 Å². The first-order chi connectivity index (χ1) is 13.0. The summed E-state index contributed by atoms with van der Waals surface area (Å²) in [6.45, 7) is 0.756. The number of halogens is 1. The maximum absolute atomic E-state index is 12.6. The van der Waals surface area contributed by atoms with Crippen LogP contribution in [0.1, 0.15) is 22.3 Å². The monoisotopic (exact) mass is 386 g/mol. The van der Waals surface area contributed by atoms with Crippen molar-refractivity contribution < 1.29 is 19.1 Å². The minimum absolute atomic E-state index is 0.0775. The van der Waals surface area contributed by atoms with Crippen molar-refractivity contribution in [2.45, 2.75) is 13.0 Å². The number of carbonyl (C=O) groups excluding carboxylic acids is 3. The summed E-state index contributed by atoms with van der Waals surface area (Å²) < 4.78 is 4.73. The first-order valence-corrected chi connectivity index (χ1v) is 8.86. The van der Waals surface area contributed by atoms with Gasteiger partial charge in [0.2, 0.25) is 11.8 Å². The zero-order chi connectivity index (χ0) is 19.4. The van der Waals surface area contributed by atoms with Gasteiger partial charge in [0, 0.05) is 24.5 Å². The summed E-state index contributed by atoms with van der Waals surface area (Å²) in [4.78, 5) is 38.4. The van der Waals surface area contributed by atoms with Gasteiger partial charge >= 0.3 is 5.97 Å². The number of anilines is 1. The molecule has 1 heterocycles. The van der Waals surface area contributed by atoms with Gasteiger partial charge in [-0.05, 0) is 29.8 Å². The lowest BCUT2D eigenvalue weighted by Crippen LogP contribution is -2.28. The first-order valence-electron chi connectivity index (χ1n) is 8.48. The molecule has 0 spiro atoms. The van der Waals surface area contributed by atoms with Crippen LogP contribution in [0, 0.1) is 5.92 Å². The molecule has 1 atom stereocenters. The van der Waals surface area contributed by atoms with E-state index in [2.05, 4.69) is 5.32 Å². The van der Waals surface area contributed by atoms with E-state index < -0.39 is 11.9 Å². The minimum Gasteiger partial charge on any atom is -0.465 e. The van der Waals surface area contributed by atoms with Gasteiger partial charge in [0.25, 0.3) is 0 Å². The number of nitrogens with zero attached hydrogens (tertiary/aromatic N) is 1. The van der Waals surface area contributed by atoms with E-state index in [1.54, 1.807) is 41.3 Å². The fourth-order valence-corrected chi connectivity index (χ4v) is 3.15. The molecular weight excluding hydrogens is 368 g/mol. The van der Waals surface area contributed by atoms with Gasteiger partial charge in [0.05, 0.1) is 24.3 Å². The van der Waals surface area contributed by atoms with E-state index in [1.807, 2.05) is 12.1 Å². The van der Waals surface area contributed by atoms with Crippen molar-refractivity contribution in [1.82, 2.24) is 4.90 Å². The van der Waals surface area contributed by atoms with E-state index in [9.17, 15) is 14.4 Å². The quantitative estimate of drug-likeness (QED) is 0.801. The Hall–Kier alpha value is -2.86. The number of rotatable bonds is 5. The molecule has 7 heteroatoms. The fourth-order valence-electron chi connectivity index (χ4n) is 3.03. The summed E-state index contributed by atoms with van der Waals surface area (Å²) >= 11 is 5.88. The number of carbonyl (C=O) groups is 3. The van der Waals surface area contributed by atoms with Gasteiger partial charge in [0.1, 0.15) is 0 Å². The lowest BCUT2D eigenvalue weighted by molar-refractivity contribution is -0.128. The topological polar surface area (TPSA) is 75.7 Å². The van der Waals surface area contributed by atoms with Gasteiger partial charge in [-0.15, -0.1) is 0 Å². The van der Waals surface area contributed by atoms with Gasteiger partial charge < -0.3 is 15.0 Å². The van der Waals surface area contributed by atoms with Crippen LogP contribution in [0.5, 0.6) is 0 Å². The number of hydrogen-bond donors (Lipinski definition) is 1. The summed E-state index contributed by atoms with van der Waals surface area (Å²) in [7, 11) is 1.28. The Bertz CT molecular complexity index is 867. The number of methoxy groups -OCH3 is 1. The van der Waals surface area contributed by atoms with Gasteiger partial charge in [-0.25, -0.2) is 4.79 Å². The van der Waals surface area contributed by atoms with Crippen molar-refractivity contribution in [1.29, 1.82) is 0 Å². The van der Waals surface area contributed by atoms with E-state index >= 15 is 0 Å². The maximum Gasteiger partial charge on any atom is 0.339 e. The highest BCUT2D eigenvalue weighted by atomic mass is 35.5. The SMILES string of the molecule is COC(=O)c1ccccc1NC(=O)C1CC(=O)N(Cc2ccc(Cl)cc2)C1. The standard InChI is InChI=1S/C20H19ClN2O4/c1-27-20(26)16-4-2-3-5-17(16)22-19(25)14-10-18(24)23(12-14)11-13-6-8-15(21)9-7-13/h2-9,14H,10-12H2,1H3,(H,22,25). The van der Waals surface area contributed by atoms with Crippen molar-refractivity contribution >= 4 is 35.1 Å². The summed E-state index contributed by atoms with van der Waals surface area (Å²) in [5.74, 6) is -1.38. The second kappa shape index (κ2) is 8.22.